The van der Waals surface area contributed by atoms with Gasteiger partial charge in [-0.3, -0.25) is 4.90 Å². The van der Waals surface area contributed by atoms with Crippen molar-refractivity contribution in [3.8, 4) is 0 Å². The van der Waals surface area contributed by atoms with Gasteiger partial charge in [0.1, 0.15) is 0 Å². The minimum Gasteiger partial charge on any atom is -0.279 e. The predicted molar refractivity (Wildman–Crippen MR) is 122 cm³/mol. The van der Waals surface area contributed by atoms with Crippen LogP contribution >= 0.6 is 0 Å². The topological polar surface area (TPSA) is 3.24 Å². The molecule has 0 radical (unpaired) electrons. The fourth-order valence-corrected chi connectivity index (χ4v) is 5.54. The van der Waals surface area contributed by atoms with E-state index >= 15 is 0 Å². The molecule has 0 aliphatic carbocycles. The van der Waals surface area contributed by atoms with Gasteiger partial charge in [-0.25, -0.2) is 0 Å². The SMILES string of the molecule is C=CC=C1c2ccccc2C(c2ccccc2)(c2ccccc2)N2CCCCC12. The van der Waals surface area contributed by atoms with Gasteiger partial charge in [-0.05, 0) is 40.7 Å². The summed E-state index contributed by atoms with van der Waals surface area (Å²) in [5.74, 6) is 0. The lowest BCUT2D eigenvalue weighted by Gasteiger charge is -2.55. The van der Waals surface area contributed by atoms with Crippen molar-refractivity contribution in [2.24, 2.45) is 0 Å². The Morgan fingerprint density at radius 3 is 2.07 bits per heavy atom. The monoisotopic (exact) mass is 377 g/mol. The van der Waals surface area contributed by atoms with Crippen molar-refractivity contribution in [3.63, 3.8) is 0 Å². The molecule has 29 heavy (non-hydrogen) atoms. The zero-order valence-corrected chi connectivity index (χ0v) is 16.8. The van der Waals surface area contributed by atoms with Crippen molar-refractivity contribution in [2.45, 2.75) is 30.8 Å². The fraction of sp³-hybridized carbons (Fsp3) is 0.214. The highest BCUT2D eigenvalue weighted by atomic mass is 15.2. The largest absolute Gasteiger partial charge is 0.279 e. The standard InChI is InChI=1S/C28H27N/c1-2-13-25-24-18-9-10-19-26(24)28(22-14-5-3-6-15-22,23-16-7-4-8-17-23)29-21-12-11-20-27(25)29/h2-10,13-19,27H,1,11-12,20-21H2. The molecule has 144 valence electrons. The van der Waals surface area contributed by atoms with E-state index < -0.39 is 0 Å². The van der Waals surface area contributed by atoms with E-state index in [2.05, 4.69) is 102 Å². The van der Waals surface area contributed by atoms with Crippen molar-refractivity contribution in [1.29, 1.82) is 0 Å². The molecule has 2 aliphatic rings. The van der Waals surface area contributed by atoms with Crippen LogP contribution in [0.25, 0.3) is 5.57 Å². The third kappa shape index (κ3) is 2.73. The van der Waals surface area contributed by atoms with Crippen LogP contribution in [-0.4, -0.2) is 17.5 Å². The van der Waals surface area contributed by atoms with Gasteiger partial charge in [0.25, 0.3) is 0 Å². The van der Waals surface area contributed by atoms with Crippen LogP contribution in [0.4, 0.5) is 0 Å². The molecule has 0 saturated carbocycles. The molecule has 1 heteroatoms. The molecule has 0 N–H and O–H groups in total. The Labute approximate surface area is 174 Å². The second-order valence-corrected chi connectivity index (χ2v) is 8.05. The average molecular weight is 378 g/mol. The van der Waals surface area contributed by atoms with Gasteiger partial charge in [-0.15, -0.1) is 0 Å². The second-order valence-electron chi connectivity index (χ2n) is 8.05. The highest BCUT2D eigenvalue weighted by molar-refractivity contribution is 5.78. The molecular formula is C28H27N. The summed E-state index contributed by atoms with van der Waals surface area (Å²) < 4.78 is 0. The van der Waals surface area contributed by atoms with Crippen LogP contribution in [0.1, 0.15) is 41.5 Å². The number of hydrogen-bond acceptors (Lipinski definition) is 1. The molecule has 3 aromatic rings. The first kappa shape index (κ1) is 18.1. The first-order chi connectivity index (χ1) is 14.4. The van der Waals surface area contributed by atoms with E-state index in [0.29, 0.717) is 6.04 Å². The minimum atomic E-state index is -0.275. The Kier molecular flexibility index (Phi) is 4.69. The van der Waals surface area contributed by atoms with Gasteiger partial charge >= 0.3 is 0 Å². The van der Waals surface area contributed by atoms with Crippen molar-refractivity contribution in [1.82, 2.24) is 4.90 Å². The van der Waals surface area contributed by atoms with Crippen molar-refractivity contribution in [3.05, 3.63) is 126 Å². The summed E-state index contributed by atoms with van der Waals surface area (Å²) in [5, 5.41) is 0. The van der Waals surface area contributed by atoms with Gasteiger partial charge in [-0.2, -0.15) is 0 Å². The zero-order valence-electron chi connectivity index (χ0n) is 16.8. The van der Waals surface area contributed by atoms with Crippen LogP contribution in [0, 0.1) is 0 Å². The summed E-state index contributed by atoms with van der Waals surface area (Å²) in [6, 6.07) is 31.6. The summed E-state index contributed by atoms with van der Waals surface area (Å²) in [4.78, 5) is 2.76. The Morgan fingerprint density at radius 2 is 1.41 bits per heavy atom. The number of fused-ring (bicyclic) bond motifs is 2. The van der Waals surface area contributed by atoms with E-state index in [-0.39, 0.29) is 5.54 Å². The molecule has 1 unspecified atom stereocenters. The van der Waals surface area contributed by atoms with E-state index in [1.807, 2.05) is 6.08 Å². The third-order valence-corrected chi connectivity index (χ3v) is 6.60. The molecule has 0 amide bonds. The molecule has 1 fully saturated rings. The predicted octanol–water partition coefficient (Wildman–Crippen LogP) is 6.42. The lowest BCUT2D eigenvalue weighted by Crippen LogP contribution is -2.58. The summed E-state index contributed by atoms with van der Waals surface area (Å²) in [6.07, 6.45) is 7.90. The molecule has 0 bridgehead atoms. The van der Waals surface area contributed by atoms with Gasteiger partial charge in [0.2, 0.25) is 0 Å². The number of allylic oxidation sites excluding steroid dienone is 2. The molecule has 1 saturated heterocycles. The van der Waals surface area contributed by atoms with Gasteiger partial charge in [-0.1, -0.05) is 110 Å². The lowest BCUT2D eigenvalue weighted by molar-refractivity contribution is 0.0869. The molecule has 0 spiro atoms. The van der Waals surface area contributed by atoms with E-state index in [0.717, 1.165) is 6.54 Å². The summed E-state index contributed by atoms with van der Waals surface area (Å²) in [6.45, 7) is 5.12. The van der Waals surface area contributed by atoms with Crippen molar-refractivity contribution >= 4 is 5.57 Å². The van der Waals surface area contributed by atoms with Crippen LogP contribution in [0.5, 0.6) is 0 Å². The van der Waals surface area contributed by atoms with Crippen LogP contribution in [0.15, 0.2) is 104 Å². The Bertz CT molecular complexity index is 993. The van der Waals surface area contributed by atoms with Crippen LogP contribution in [0.3, 0.4) is 0 Å². The van der Waals surface area contributed by atoms with Gasteiger partial charge < -0.3 is 0 Å². The first-order valence-corrected chi connectivity index (χ1v) is 10.7. The van der Waals surface area contributed by atoms with E-state index in [1.54, 1.807) is 0 Å². The Hall–Kier alpha value is -2.90. The zero-order chi connectivity index (χ0) is 19.7. The molecule has 5 rings (SSSR count). The molecule has 1 nitrogen and oxygen atoms in total. The number of rotatable bonds is 3. The molecular weight excluding hydrogens is 350 g/mol. The molecule has 2 aliphatic heterocycles. The number of hydrogen-bond donors (Lipinski definition) is 0. The lowest BCUT2D eigenvalue weighted by atomic mass is 9.67. The summed E-state index contributed by atoms with van der Waals surface area (Å²) in [5.41, 5.74) is 6.58. The van der Waals surface area contributed by atoms with Gasteiger partial charge in [0.05, 0.1) is 5.54 Å². The maximum Gasteiger partial charge on any atom is 0.0983 e. The summed E-state index contributed by atoms with van der Waals surface area (Å²) in [7, 11) is 0. The number of benzene rings is 3. The van der Waals surface area contributed by atoms with Crippen molar-refractivity contribution in [2.75, 3.05) is 6.54 Å². The smallest absolute Gasteiger partial charge is 0.0983 e. The van der Waals surface area contributed by atoms with Crippen LogP contribution < -0.4 is 0 Å². The summed E-state index contributed by atoms with van der Waals surface area (Å²) >= 11 is 0. The number of nitrogens with zero attached hydrogens (tertiary/aromatic N) is 1. The maximum absolute atomic E-state index is 4.02. The van der Waals surface area contributed by atoms with Gasteiger partial charge in [0.15, 0.2) is 0 Å². The highest BCUT2D eigenvalue weighted by Crippen LogP contribution is 2.53. The quantitative estimate of drug-likeness (QED) is 0.509. The Morgan fingerprint density at radius 1 is 0.793 bits per heavy atom. The normalized spacial score (nSPS) is 21.9. The second kappa shape index (κ2) is 7.50. The molecule has 3 aromatic carbocycles. The number of piperidine rings is 1. The molecule has 2 heterocycles. The average Bonchev–Trinajstić information content (AvgIpc) is 2.80. The van der Waals surface area contributed by atoms with Crippen molar-refractivity contribution < 1.29 is 0 Å². The maximum atomic E-state index is 4.02. The Balaban J connectivity index is 1.91. The van der Waals surface area contributed by atoms with Crippen LogP contribution in [0.2, 0.25) is 0 Å². The molecule has 1 atom stereocenters. The minimum absolute atomic E-state index is 0.275. The first-order valence-electron chi connectivity index (χ1n) is 10.7. The third-order valence-electron chi connectivity index (χ3n) is 6.60. The fourth-order valence-electron chi connectivity index (χ4n) is 5.54. The van der Waals surface area contributed by atoms with E-state index in [4.69, 9.17) is 0 Å². The highest BCUT2D eigenvalue weighted by Gasteiger charge is 2.51. The van der Waals surface area contributed by atoms with Crippen LogP contribution in [-0.2, 0) is 5.54 Å². The molecule has 0 aromatic heterocycles. The van der Waals surface area contributed by atoms with E-state index in [9.17, 15) is 0 Å². The van der Waals surface area contributed by atoms with Gasteiger partial charge in [0, 0.05) is 12.6 Å². The van der Waals surface area contributed by atoms with E-state index in [1.165, 1.54) is 47.1 Å².